The Morgan fingerprint density at radius 1 is 1.45 bits per heavy atom. The molecule has 20 heavy (non-hydrogen) atoms. The van der Waals surface area contributed by atoms with Crippen LogP contribution >= 0.6 is 0 Å². The summed E-state index contributed by atoms with van der Waals surface area (Å²) < 4.78 is 19.7. The highest BCUT2D eigenvalue weighted by Gasteiger charge is 2.21. The van der Waals surface area contributed by atoms with E-state index >= 15 is 0 Å². The molecule has 5 nitrogen and oxygen atoms in total. The lowest BCUT2D eigenvalue weighted by atomic mass is 10.2. The number of ether oxygens (including phenoxy) is 1. The number of esters is 1. The van der Waals surface area contributed by atoms with Gasteiger partial charge in [0.1, 0.15) is 17.5 Å². The van der Waals surface area contributed by atoms with E-state index in [2.05, 4.69) is 4.98 Å². The van der Waals surface area contributed by atoms with Gasteiger partial charge in [-0.2, -0.15) is 0 Å². The number of aromatic nitrogens is 2. The minimum atomic E-state index is -0.563. The minimum Gasteiger partial charge on any atom is -0.461 e. The number of carbonyl (C=O) groups is 1. The van der Waals surface area contributed by atoms with Gasteiger partial charge in [0.05, 0.1) is 12.3 Å². The van der Waals surface area contributed by atoms with Crippen LogP contribution in [0.25, 0.3) is 5.69 Å². The summed E-state index contributed by atoms with van der Waals surface area (Å²) in [5.74, 6) is -0.157. The monoisotopic (exact) mass is 277 g/mol. The highest BCUT2D eigenvalue weighted by atomic mass is 19.1. The van der Waals surface area contributed by atoms with E-state index in [1.54, 1.807) is 31.4 Å². The van der Waals surface area contributed by atoms with Crippen LogP contribution in [0.3, 0.4) is 0 Å². The lowest BCUT2D eigenvalue weighted by Gasteiger charge is -2.11. The standard InChI is InChI=1S/C14H16FN3O2/c1-4-20-14(19)12-13(16)18(9(3)17-12)11-6-5-10(15)7-8(11)2/h5-7H,4,16H2,1-3H3. The van der Waals surface area contributed by atoms with Crippen molar-refractivity contribution in [3.05, 3.63) is 41.1 Å². The Bertz CT molecular complexity index is 665. The number of hydrogen-bond acceptors (Lipinski definition) is 4. The molecule has 0 aliphatic carbocycles. The van der Waals surface area contributed by atoms with Crippen LogP contribution < -0.4 is 5.73 Å². The zero-order chi connectivity index (χ0) is 14.9. The molecule has 1 aromatic heterocycles. The number of carbonyl (C=O) groups excluding carboxylic acids is 1. The third kappa shape index (κ3) is 2.36. The van der Waals surface area contributed by atoms with E-state index in [0.29, 0.717) is 17.1 Å². The lowest BCUT2D eigenvalue weighted by molar-refractivity contribution is 0.0521. The summed E-state index contributed by atoms with van der Waals surface area (Å²) >= 11 is 0. The number of halogens is 1. The third-order valence-electron chi connectivity index (χ3n) is 2.95. The van der Waals surface area contributed by atoms with Gasteiger partial charge in [0, 0.05) is 0 Å². The summed E-state index contributed by atoms with van der Waals surface area (Å²) in [5.41, 5.74) is 7.44. The zero-order valence-electron chi connectivity index (χ0n) is 11.6. The van der Waals surface area contributed by atoms with Crippen molar-refractivity contribution < 1.29 is 13.9 Å². The maximum Gasteiger partial charge on any atom is 0.360 e. The van der Waals surface area contributed by atoms with Crippen molar-refractivity contribution in [3.63, 3.8) is 0 Å². The summed E-state index contributed by atoms with van der Waals surface area (Å²) in [4.78, 5) is 15.9. The van der Waals surface area contributed by atoms with Gasteiger partial charge >= 0.3 is 5.97 Å². The maximum atomic E-state index is 13.2. The Labute approximate surface area is 116 Å². The van der Waals surface area contributed by atoms with Crippen molar-refractivity contribution in [2.75, 3.05) is 12.3 Å². The molecule has 0 unspecified atom stereocenters. The molecule has 0 fully saturated rings. The minimum absolute atomic E-state index is 0.0769. The van der Waals surface area contributed by atoms with Gasteiger partial charge in [0.15, 0.2) is 5.69 Å². The smallest absolute Gasteiger partial charge is 0.360 e. The van der Waals surface area contributed by atoms with Crippen LogP contribution in [-0.2, 0) is 4.74 Å². The van der Waals surface area contributed by atoms with Gasteiger partial charge < -0.3 is 10.5 Å². The van der Waals surface area contributed by atoms with Crippen LogP contribution in [0.15, 0.2) is 18.2 Å². The maximum absolute atomic E-state index is 13.2. The van der Waals surface area contributed by atoms with E-state index in [0.717, 1.165) is 0 Å². The fourth-order valence-electron chi connectivity index (χ4n) is 2.07. The van der Waals surface area contributed by atoms with E-state index < -0.39 is 5.97 Å². The van der Waals surface area contributed by atoms with Gasteiger partial charge in [-0.05, 0) is 44.5 Å². The molecular weight excluding hydrogens is 261 g/mol. The number of rotatable bonds is 3. The van der Waals surface area contributed by atoms with E-state index in [4.69, 9.17) is 10.5 Å². The molecule has 0 atom stereocenters. The topological polar surface area (TPSA) is 70.1 Å². The molecule has 0 saturated heterocycles. The molecule has 6 heteroatoms. The number of nitrogen functional groups attached to an aromatic ring is 1. The molecule has 0 saturated carbocycles. The van der Waals surface area contributed by atoms with E-state index in [1.165, 1.54) is 12.1 Å². The molecular formula is C14H16FN3O2. The van der Waals surface area contributed by atoms with Crippen LogP contribution in [0.2, 0.25) is 0 Å². The largest absolute Gasteiger partial charge is 0.461 e. The number of hydrogen-bond donors (Lipinski definition) is 1. The van der Waals surface area contributed by atoms with Crippen LogP contribution in [0.1, 0.15) is 28.8 Å². The van der Waals surface area contributed by atoms with Gasteiger partial charge in [-0.1, -0.05) is 0 Å². The Balaban J connectivity index is 2.55. The molecule has 1 heterocycles. The fraction of sp³-hybridized carbons (Fsp3) is 0.286. The number of benzene rings is 1. The number of anilines is 1. The Kier molecular flexibility index (Phi) is 3.74. The lowest BCUT2D eigenvalue weighted by Crippen LogP contribution is -2.10. The molecule has 2 N–H and O–H groups in total. The molecule has 0 amide bonds. The molecule has 106 valence electrons. The summed E-state index contributed by atoms with van der Waals surface area (Å²) in [6.45, 7) is 5.45. The molecule has 0 bridgehead atoms. The van der Waals surface area contributed by atoms with Crippen molar-refractivity contribution >= 4 is 11.8 Å². The van der Waals surface area contributed by atoms with Gasteiger partial charge in [0.2, 0.25) is 0 Å². The Morgan fingerprint density at radius 3 is 2.75 bits per heavy atom. The highest BCUT2D eigenvalue weighted by molar-refractivity contribution is 5.92. The van der Waals surface area contributed by atoms with Crippen LogP contribution in [0.4, 0.5) is 10.2 Å². The van der Waals surface area contributed by atoms with E-state index in [1.807, 2.05) is 0 Å². The summed E-state index contributed by atoms with van der Waals surface area (Å²) in [7, 11) is 0. The van der Waals surface area contributed by atoms with Gasteiger partial charge in [-0.15, -0.1) is 0 Å². The second-order valence-corrected chi connectivity index (χ2v) is 4.38. The van der Waals surface area contributed by atoms with Gasteiger partial charge in [0.25, 0.3) is 0 Å². The van der Waals surface area contributed by atoms with Gasteiger partial charge in [-0.25, -0.2) is 14.2 Å². The average Bonchev–Trinajstić information content (AvgIpc) is 2.66. The first kappa shape index (κ1) is 14.0. The number of nitrogens with two attached hydrogens (primary N) is 1. The van der Waals surface area contributed by atoms with Crippen LogP contribution in [-0.4, -0.2) is 22.1 Å². The number of nitrogens with zero attached hydrogens (tertiary/aromatic N) is 2. The average molecular weight is 277 g/mol. The summed E-state index contributed by atoms with van der Waals surface area (Å²) in [5, 5.41) is 0. The predicted molar refractivity (Wildman–Crippen MR) is 73.4 cm³/mol. The SMILES string of the molecule is CCOC(=O)c1nc(C)n(-c2ccc(F)cc2C)c1N. The molecule has 0 aliphatic rings. The molecule has 1 aromatic carbocycles. The first-order valence-electron chi connectivity index (χ1n) is 6.24. The van der Waals surface area contributed by atoms with Crippen molar-refractivity contribution in [1.29, 1.82) is 0 Å². The first-order chi connectivity index (χ1) is 9.45. The Morgan fingerprint density at radius 2 is 2.15 bits per heavy atom. The summed E-state index contributed by atoms with van der Waals surface area (Å²) in [6, 6.07) is 4.34. The van der Waals surface area contributed by atoms with Crippen molar-refractivity contribution in [1.82, 2.24) is 9.55 Å². The number of aryl methyl sites for hydroxylation is 2. The molecule has 0 aliphatic heterocycles. The predicted octanol–water partition coefficient (Wildman–Crippen LogP) is 2.39. The number of imidazole rings is 1. The van der Waals surface area contributed by atoms with E-state index in [-0.39, 0.29) is 23.9 Å². The first-order valence-corrected chi connectivity index (χ1v) is 6.24. The highest BCUT2D eigenvalue weighted by Crippen LogP contribution is 2.24. The molecule has 0 radical (unpaired) electrons. The molecule has 2 rings (SSSR count). The normalized spacial score (nSPS) is 10.6. The fourth-order valence-corrected chi connectivity index (χ4v) is 2.07. The summed E-state index contributed by atoms with van der Waals surface area (Å²) in [6.07, 6.45) is 0. The second-order valence-electron chi connectivity index (χ2n) is 4.38. The van der Waals surface area contributed by atoms with Gasteiger partial charge in [-0.3, -0.25) is 4.57 Å². The van der Waals surface area contributed by atoms with Crippen LogP contribution in [0, 0.1) is 19.7 Å². The van der Waals surface area contributed by atoms with Crippen molar-refractivity contribution in [2.45, 2.75) is 20.8 Å². The van der Waals surface area contributed by atoms with Crippen LogP contribution in [0.5, 0.6) is 0 Å². The zero-order valence-corrected chi connectivity index (χ0v) is 11.6. The molecule has 0 spiro atoms. The quantitative estimate of drug-likeness (QED) is 0.874. The third-order valence-corrected chi connectivity index (χ3v) is 2.95. The molecule has 2 aromatic rings. The Hall–Kier alpha value is -2.37. The van der Waals surface area contributed by atoms with Crippen molar-refractivity contribution in [3.8, 4) is 5.69 Å². The second kappa shape index (κ2) is 5.32. The van der Waals surface area contributed by atoms with Crippen molar-refractivity contribution in [2.24, 2.45) is 0 Å². The van der Waals surface area contributed by atoms with E-state index in [9.17, 15) is 9.18 Å².